The van der Waals surface area contributed by atoms with Crippen LogP contribution < -0.4 is 9.47 Å². The average molecular weight is 349 g/mol. The highest BCUT2D eigenvalue weighted by molar-refractivity contribution is 9.10. The molecule has 0 spiro atoms. The molecule has 21 heavy (non-hydrogen) atoms. The van der Waals surface area contributed by atoms with E-state index >= 15 is 0 Å². The molecular formula is C17H17BrO3. The molecule has 1 aliphatic heterocycles. The maximum atomic E-state index is 9.83. The standard InChI is InChI=1S/C17H17BrO3/c1-11(19)14-7-6-13(18)8-17(14)21-10-12-9-20-16-5-3-2-4-15(12)16/h2-8,11-12,19H,9-10H2,1H3. The summed E-state index contributed by atoms with van der Waals surface area (Å²) in [6.45, 7) is 2.91. The molecule has 0 amide bonds. The summed E-state index contributed by atoms with van der Waals surface area (Å²) < 4.78 is 12.5. The Morgan fingerprint density at radius 3 is 2.95 bits per heavy atom. The molecular weight excluding hydrogens is 332 g/mol. The molecule has 0 fully saturated rings. The molecule has 0 saturated carbocycles. The van der Waals surface area contributed by atoms with Gasteiger partial charge >= 0.3 is 0 Å². The normalized spacial score (nSPS) is 18.0. The van der Waals surface area contributed by atoms with Crippen LogP contribution in [-0.4, -0.2) is 18.3 Å². The molecule has 0 aromatic heterocycles. The number of hydrogen-bond acceptors (Lipinski definition) is 3. The number of rotatable bonds is 4. The Morgan fingerprint density at radius 1 is 1.33 bits per heavy atom. The smallest absolute Gasteiger partial charge is 0.126 e. The minimum absolute atomic E-state index is 0.224. The van der Waals surface area contributed by atoms with E-state index in [1.165, 1.54) is 5.56 Å². The maximum Gasteiger partial charge on any atom is 0.126 e. The number of halogens is 1. The van der Waals surface area contributed by atoms with Crippen molar-refractivity contribution in [3.05, 3.63) is 58.1 Å². The van der Waals surface area contributed by atoms with E-state index < -0.39 is 6.10 Å². The second-order valence-corrected chi connectivity index (χ2v) is 6.13. The van der Waals surface area contributed by atoms with Gasteiger partial charge in [0.05, 0.1) is 25.2 Å². The molecule has 4 heteroatoms. The molecule has 2 unspecified atom stereocenters. The minimum Gasteiger partial charge on any atom is -0.493 e. The van der Waals surface area contributed by atoms with Gasteiger partial charge in [-0.15, -0.1) is 0 Å². The highest BCUT2D eigenvalue weighted by atomic mass is 79.9. The molecule has 110 valence electrons. The van der Waals surface area contributed by atoms with E-state index in [0.717, 1.165) is 15.8 Å². The van der Waals surface area contributed by atoms with Gasteiger partial charge in [0.2, 0.25) is 0 Å². The SMILES string of the molecule is CC(O)c1ccc(Br)cc1OCC1COc2ccccc21. The maximum absolute atomic E-state index is 9.83. The van der Waals surface area contributed by atoms with Crippen molar-refractivity contribution in [2.24, 2.45) is 0 Å². The second-order valence-electron chi connectivity index (χ2n) is 5.21. The van der Waals surface area contributed by atoms with Crippen molar-refractivity contribution >= 4 is 15.9 Å². The van der Waals surface area contributed by atoms with E-state index in [1.54, 1.807) is 6.92 Å². The first-order chi connectivity index (χ1) is 10.1. The first-order valence-corrected chi connectivity index (χ1v) is 7.76. The van der Waals surface area contributed by atoms with Crippen LogP contribution in [0.1, 0.15) is 30.1 Å². The highest BCUT2D eigenvalue weighted by Gasteiger charge is 2.24. The molecule has 0 aliphatic carbocycles. The van der Waals surface area contributed by atoms with Gasteiger partial charge in [-0.25, -0.2) is 0 Å². The molecule has 3 rings (SSSR count). The van der Waals surface area contributed by atoms with Gasteiger partial charge in [-0.3, -0.25) is 0 Å². The fourth-order valence-corrected chi connectivity index (χ4v) is 2.88. The van der Waals surface area contributed by atoms with Crippen molar-refractivity contribution in [2.75, 3.05) is 13.2 Å². The van der Waals surface area contributed by atoms with Gasteiger partial charge in [0.15, 0.2) is 0 Å². The van der Waals surface area contributed by atoms with Gasteiger partial charge in [0.25, 0.3) is 0 Å². The van der Waals surface area contributed by atoms with Gasteiger partial charge in [0, 0.05) is 15.6 Å². The summed E-state index contributed by atoms with van der Waals surface area (Å²) in [5, 5.41) is 9.83. The van der Waals surface area contributed by atoms with Crippen LogP contribution in [0.4, 0.5) is 0 Å². The summed E-state index contributed by atoms with van der Waals surface area (Å²) in [6.07, 6.45) is -0.555. The summed E-state index contributed by atoms with van der Waals surface area (Å²) in [4.78, 5) is 0. The van der Waals surface area contributed by atoms with Crippen LogP contribution in [-0.2, 0) is 0 Å². The molecule has 0 radical (unpaired) electrons. The third-order valence-electron chi connectivity index (χ3n) is 3.66. The Labute approximate surface area is 132 Å². The largest absolute Gasteiger partial charge is 0.493 e. The van der Waals surface area contributed by atoms with Gasteiger partial charge < -0.3 is 14.6 Å². The number of fused-ring (bicyclic) bond motifs is 1. The van der Waals surface area contributed by atoms with Gasteiger partial charge in [-0.2, -0.15) is 0 Å². The fraction of sp³-hybridized carbons (Fsp3) is 0.294. The number of aliphatic hydroxyl groups is 1. The van der Waals surface area contributed by atoms with Crippen LogP contribution in [0.3, 0.4) is 0 Å². The summed E-state index contributed by atoms with van der Waals surface area (Å²) in [6, 6.07) is 13.7. The Balaban J connectivity index is 1.76. The molecule has 3 nitrogen and oxygen atoms in total. The fourth-order valence-electron chi connectivity index (χ4n) is 2.54. The van der Waals surface area contributed by atoms with Crippen LogP contribution in [0.5, 0.6) is 11.5 Å². The molecule has 1 N–H and O–H groups in total. The van der Waals surface area contributed by atoms with Gasteiger partial charge in [-0.1, -0.05) is 40.2 Å². The number of para-hydroxylation sites is 1. The van der Waals surface area contributed by atoms with Crippen LogP contribution in [0, 0.1) is 0 Å². The predicted octanol–water partition coefficient (Wildman–Crippen LogP) is 4.06. The Morgan fingerprint density at radius 2 is 2.14 bits per heavy atom. The lowest BCUT2D eigenvalue weighted by molar-refractivity contribution is 0.187. The number of hydrogen-bond donors (Lipinski definition) is 1. The van der Waals surface area contributed by atoms with Gasteiger partial charge in [-0.05, 0) is 25.1 Å². The van der Waals surface area contributed by atoms with E-state index in [9.17, 15) is 5.11 Å². The zero-order valence-corrected chi connectivity index (χ0v) is 13.3. The monoisotopic (exact) mass is 348 g/mol. The summed E-state index contributed by atoms with van der Waals surface area (Å²) >= 11 is 3.44. The molecule has 1 aliphatic rings. The summed E-state index contributed by atoms with van der Waals surface area (Å²) in [7, 11) is 0. The minimum atomic E-state index is -0.555. The molecule has 0 bridgehead atoms. The third-order valence-corrected chi connectivity index (χ3v) is 4.16. The quantitative estimate of drug-likeness (QED) is 0.905. The Kier molecular flexibility index (Phi) is 4.17. The highest BCUT2D eigenvalue weighted by Crippen LogP contribution is 2.35. The Bertz CT molecular complexity index is 640. The van der Waals surface area contributed by atoms with E-state index in [2.05, 4.69) is 22.0 Å². The van der Waals surface area contributed by atoms with Crippen LogP contribution in [0.2, 0.25) is 0 Å². The van der Waals surface area contributed by atoms with Crippen molar-refractivity contribution in [1.82, 2.24) is 0 Å². The van der Waals surface area contributed by atoms with Crippen LogP contribution in [0.15, 0.2) is 46.9 Å². The molecule has 2 aromatic rings. The lowest BCUT2D eigenvalue weighted by atomic mass is 10.0. The number of aliphatic hydroxyl groups excluding tert-OH is 1. The first kappa shape index (κ1) is 14.4. The van der Waals surface area contributed by atoms with E-state index in [0.29, 0.717) is 19.0 Å². The topological polar surface area (TPSA) is 38.7 Å². The first-order valence-electron chi connectivity index (χ1n) is 6.97. The summed E-state index contributed by atoms with van der Waals surface area (Å²) in [5.74, 6) is 1.88. The predicted molar refractivity (Wildman–Crippen MR) is 84.9 cm³/mol. The second kappa shape index (κ2) is 6.08. The van der Waals surface area contributed by atoms with Crippen molar-refractivity contribution < 1.29 is 14.6 Å². The van der Waals surface area contributed by atoms with Crippen molar-refractivity contribution in [2.45, 2.75) is 18.9 Å². The average Bonchev–Trinajstić information content (AvgIpc) is 2.88. The zero-order chi connectivity index (χ0) is 14.8. The van der Waals surface area contributed by atoms with Gasteiger partial charge in [0.1, 0.15) is 11.5 Å². The van der Waals surface area contributed by atoms with E-state index in [4.69, 9.17) is 9.47 Å². The third kappa shape index (κ3) is 3.06. The Hall–Kier alpha value is -1.52. The zero-order valence-electron chi connectivity index (χ0n) is 11.8. The van der Waals surface area contributed by atoms with E-state index in [1.807, 2.05) is 36.4 Å². The van der Waals surface area contributed by atoms with Crippen molar-refractivity contribution in [3.63, 3.8) is 0 Å². The number of ether oxygens (including phenoxy) is 2. The lowest BCUT2D eigenvalue weighted by Gasteiger charge is -2.16. The van der Waals surface area contributed by atoms with Crippen molar-refractivity contribution in [1.29, 1.82) is 0 Å². The van der Waals surface area contributed by atoms with E-state index in [-0.39, 0.29) is 5.92 Å². The van der Waals surface area contributed by atoms with Crippen molar-refractivity contribution in [3.8, 4) is 11.5 Å². The van der Waals surface area contributed by atoms with Crippen LogP contribution >= 0.6 is 15.9 Å². The lowest BCUT2D eigenvalue weighted by Crippen LogP contribution is -2.13. The molecule has 0 saturated heterocycles. The number of benzene rings is 2. The molecule has 1 heterocycles. The summed E-state index contributed by atoms with van der Waals surface area (Å²) in [5.41, 5.74) is 1.98. The molecule has 2 atom stereocenters. The van der Waals surface area contributed by atoms with Crippen LogP contribution in [0.25, 0.3) is 0 Å². The molecule has 2 aromatic carbocycles.